The number of nitrogens with zero attached hydrogens (tertiary/aromatic N) is 1. The second-order valence-corrected chi connectivity index (χ2v) is 4.95. The summed E-state index contributed by atoms with van der Waals surface area (Å²) in [6.07, 6.45) is 0. The van der Waals surface area contributed by atoms with Crippen LogP contribution in [-0.4, -0.2) is 4.57 Å². The molecule has 0 saturated heterocycles. The SMILES string of the molecule is CCn1c(=O)oc(=O)c2cc(Br)cc(Br)c21. The number of hydrogen-bond donors (Lipinski definition) is 0. The molecule has 0 bridgehead atoms. The number of aryl methyl sites for hydroxylation is 1. The highest BCUT2D eigenvalue weighted by Gasteiger charge is 2.12. The molecule has 16 heavy (non-hydrogen) atoms. The number of aromatic nitrogens is 1. The van der Waals surface area contributed by atoms with Crippen molar-refractivity contribution in [3.8, 4) is 0 Å². The van der Waals surface area contributed by atoms with Crippen molar-refractivity contribution >= 4 is 42.8 Å². The maximum Gasteiger partial charge on any atom is 0.422 e. The minimum Gasteiger partial charge on any atom is -0.372 e. The summed E-state index contributed by atoms with van der Waals surface area (Å²) in [5.41, 5.74) is -0.0568. The molecular weight excluding hydrogens is 342 g/mol. The molecule has 0 radical (unpaired) electrons. The van der Waals surface area contributed by atoms with E-state index in [0.29, 0.717) is 21.9 Å². The van der Waals surface area contributed by atoms with Crippen molar-refractivity contribution in [1.82, 2.24) is 4.57 Å². The molecule has 0 aliphatic rings. The van der Waals surface area contributed by atoms with E-state index >= 15 is 0 Å². The molecule has 4 nitrogen and oxygen atoms in total. The van der Waals surface area contributed by atoms with Gasteiger partial charge in [-0.1, -0.05) is 15.9 Å². The first-order valence-corrected chi connectivity index (χ1v) is 6.16. The summed E-state index contributed by atoms with van der Waals surface area (Å²) in [4.78, 5) is 23.0. The monoisotopic (exact) mass is 347 g/mol. The predicted octanol–water partition coefficient (Wildman–Crippen LogP) is 2.50. The molecule has 0 spiro atoms. The normalized spacial score (nSPS) is 10.9. The lowest BCUT2D eigenvalue weighted by Crippen LogP contribution is -2.24. The van der Waals surface area contributed by atoms with Crippen LogP contribution in [0.5, 0.6) is 0 Å². The molecule has 0 unspecified atom stereocenters. The van der Waals surface area contributed by atoms with Crippen LogP contribution >= 0.6 is 31.9 Å². The van der Waals surface area contributed by atoms with E-state index in [-0.39, 0.29) is 0 Å². The van der Waals surface area contributed by atoms with Crippen LogP contribution in [0.4, 0.5) is 0 Å². The van der Waals surface area contributed by atoms with Crippen molar-refractivity contribution in [1.29, 1.82) is 0 Å². The van der Waals surface area contributed by atoms with Gasteiger partial charge in [-0.05, 0) is 35.0 Å². The van der Waals surface area contributed by atoms with Crippen LogP contribution < -0.4 is 11.4 Å². The molecule has 2 aromatic rings. The van der Waals surface area contributed by atoms with Crippen LogP contribution in [0, 0.1) is 0 Å². The highest BCUT2D eigenvalue weighted by Crippen LogP contribution is 2.25. The van der Waals surface area contributed by atoms with Gasteiger partial charge in [0.05, 0.1) is 10.9 Å². The van der Waals surface area contributed by atoms with Crippen molar-refractivity contribution in [2.45, 2.75) is 13.5 Å². The van der Waals surface area contributed by atoms with E-state index in [1.807, 2.05) is 6.92 Å². The Bertz CT molecular complexity index is 672. The Morgan fingerprint density at radius 3 is 2.62 bits per heavy atom. The Morgan fingerprint density at radius 1 is 1.31 bits per heavy atom. The molecule has 1 aromatic carbocycles. The van der Waals surface area contributed by atoms with Gasteiger partial charge >= 0.3 is 11.4 Å². The molecule has 0 saturated carbocycles. The Morgan fingerprint density at radius 2 is 2.00 bits per heavy atom. The quantitative estimate of drug-likeness (QED) is 0.795. The molecule has 0 aliphatic carbocycles. The molecule has 2 rings (SSSR count). The molecule has 1 aromatic heterocycles. The number of halogens is 2. The molecule has 0 atom stereocenters. The molecule has 0 aliphatic heterocycles. The lowest BCUT2D eigenvalue weighted by Gasteiger charge is -2.07. The van der Waals surface area contributed by atoms with E-state index in [1.165, 1.54) is 4.57 Å². The number of fused-ring (bicyclic) bond motifs is 1. The summed E-state index contributed by atoms with van der Waals surface area (Å²) in [6.45, 7) is 2.26. The van der Waals surface area contributed by atoms with Crippen molar-refractivity contribution < 1.29 is 4.42 Å². The average Bonchev–Trinajstić information content (AvgIpc) is 2.20. The smallest absolute Gasteiger partial charge is 0.372 e. The second kappa shape index (κ2) is 4.18. The third-order valence-corrected chi connectivity index (χ3v) is 3.30. The fraction of sp³-hybridized carbons (Fsp3) is 0.200. The number of hydrogen-bond acceptors (Lipinski definition) is 3. The highest BCUT2D eigenvalue weighted by atomic mass is 79.9. The standard InChI is InChI=1S/C10H7Br2NO3/c1-2-13-8-6(9(14)16-10(13)15)3-5(11)4-7(8)12/h3-4H,2H2,1H3. The van der Waals surface area contributed by atoms with Gasteiger partial charge in [-0.15, -0.1) is 0 Å². The van der Waals surface area contributed by atoms with Gasteiger partial charge in [0.15, 0.2) is 0 Å². The third kappa shape index (κ3) is 1.76. The Kier molecular flexibility index (Phi) is 3.03. The number of benzene rings is 1. The zero-order valence-corrected chi connectivity index (χ0v) is 11.5. The lowest BCUT2D eigenvalue weighted by atomic mass is 10.2. The van der Waals surface area contributed by atoms with Crippen molar-refractivity contribution in [3.63, 3.8) is 0 Å². The first kappa shape index (κ1) is 11.6. The van der Waals surface area contributed by atoms with Crippen molar-refractivity contribution in [2.24, 2.45) is 0 Å². The topological polar surface area (TPSA) is 52.2 Å². The molecular formula is C10H7Br2NO3. The zero-order valence-electron chi connectivity index (χ0n) is 8.29. The summed E-state index contributed by atoms with van der Waals surface area (Å²) in [6, 6.07) is 3.42. The summed E-state index contributed by atoms with van der Waals surface area (Å²) in [5, 5.41) is 0.378. The Balaban J connectivity index is 3.12. The van der Waals surface area contributed by atoms with Gasteiger partial charge in [-0.3, -0.25) is 4.57 Å². The van der Waals surface area contributed by atoms with Crippen LogP contribution in [0.15, 0.2) is 35.1 Å². The van der Waals surface area contributed by atoms with Crippen molar-refractivity contribution in [3.05, 3.63) is 42.0 Å². The van der Waals surface area contributed by atoms with E-state index in [9.17, 15) is 9.59 Å². The third-order valence-electron chi connectivity index (χ3n) is 2.23. The molecule has 0 fully saturated rings. The lowest BCUT2D eigenvalue weighted by molar-refractivity contribution is 0.421. The fourth-order valence-corrected chi connectivity index (χ4v) is 3.00. The van der Waals surface area contributed by atoms with Gasteiger partial charge in [-0.25, -0.2) is 9.59 Å². The van der Waals surface area contributed by atoms with E-state index in [2.05, 4.69) is 36.3 Å². The van der Waals surface area contributed by atoms with E-state index in [1.54, 1.807) is 12.1 Å². The number of rotatable bonds is 1. The van der Waals surface area contributed by atoms with Crippen LogP contribution in [0.25, 0.3) is 10.9 Å². The van der Waals surface area contributed by atoms with E-state index < -0.39 is 11.4 Å². The molecule has 0 amide bonds. The van der Waals surface area contributed by atoms with Gasteiger partial charge in [-0.2, -0.15) is 0 Å². The molecule has 0 N–H and O–H groups in total. The minimum atomic E-state index is -0.636. The fourth-order valence-electron chi connectivity index (χ4n) is 1.56. The van der Waals surface area contributed by atoms with E-state index in [0.717, 1.165) is 4.47 Å². The van der Waals surface area contributed by atoms with Crippen LogP contribution in [0.3, 0.4) is 0 Å². The van der Waals surface area contributed by atoms with Gasteiger partial charge in [0.2, 0.25) is 0 Å². The summed E-state index contributed by atoms with van der Waals surface area (Å²) < 4.78 is 7.48. The molecule has 1 heterocycles. The van der Waals surface area contributed by atoms with Gasteiger partial charge in [0, 0.05) is 15.5 Å². The van der Waals surface area contributed by atoms with Gasteiger partial charge in [0.1, 0.15) is 0 Å². The largest absolute Gasteiger partial charge is 0.422 e. The summed E-state index contributed by atoms with van der Waals surface area (Å²) in [7, 11) is 0. The predicted molar refractivity (Wildman–Crippen MR) is 67.8 cm³/mol. The first-order chi connectivity index (χ1) is 7.54. The zero-order chi connectivity index (χ0) is 11.9. The first-order valence-electron chi connectivity index (χ1n) is 4.57. The van der Waals surface area contributed by atoms with E-state index in [4.69, 9.17) is 0 Å². The Hall–Kier alpha value is -0.880. The van der Waals surface area contributed by atoms with Crippen LogP contribution in [-0.2, 0) is 6.54 Å². The average molecular weight is 349 g/mol. The molecule has 6 heteroatoms. The minimum absolute atomic E-state index is 0.378. The van der Waals surface area contributed by atoms with Crippen LogP contribution in [0.2, 0.25) is 0 Å². The molecule has 84 valence electrons. The maximum atomic E-state index is 11.6. The van der Waals surface area contributed by atoms with Crippen LogP contribution in [0.1, 0.15) is 6.92 Å². The summed E-state index contributed by atoms with van der Waals surface area (Å²) >= 11 is 6.62. The second-order valence-electron chi connectivity index (χ2n) is 3.18. The van der Waals surface area contributed by atoms with Crippen molar-refractivity contribution in [2.75, 3.05) is 0 Å². The van der Waals surface area contributed by atoms with Gasteiger partial charge < -0.3 is 4.42 Å². The maximum absolute atomic E-state index is 11.6. The summed E-state index contributed by atoms with van der Waals surface area (Å²) in [5.74, 6) is -0.636. The van der Waals surface area contributed by atoms with Gasteiger partial charge in [0.25, 0.3) is 0 Å². The Labute approximate surface area is 107 Å². The highest BCUT2D eigenvalue weighted by molar-refractivity contribution is 9.11.